The number of nitrogens with one attached hydrogen (secondary N) is 1. The molecule has 4 heteroatoms. The molecule has 2 unspecified atom stereocenters. The zero-order valence-corrected chi connectivity index (χ0v) is 9.40. The molecule has 0 saturated carbocycles. The number of hydrogen-bond donors (Lipinski definition) is 3. The van der Waals surface area contributed by atoms with Crippen LogP contribution in [-0.2, 0) is 4.79 Å². The van der Waals surface area contributed by atoms with Gasteiger partial charge in [0.1, 0.15) is 0 Å². The molecular weight excluding hydrogens is 186 g/mol. The summed E-state index contributed by atoms with van der Waals surface area (Å²) < 4.78 is 0. The van der Waals surface area contributed by atoms with Crippen LogP contribution in [0.2, 0.25) is 0 Å². The number of hydrogen-bond acceptors (Lipinski definition) is 3. The van der Waals surface area contributed by atoms with Crippen molar-refractivity contribution in [1.82, 2.24) is 5.32 Å². The zero-order chi connectivity index (χ0) is 10.5. The summed E-state index contributed by atoms with van der Waals surface area (Å²) in [4.78, 5) is 11.3. The molecule has 0 rings (SSSR count). The van der Waals surface area contributed by atoms with Crippen molar-refractivity contribution in [3.8, 4) is 0 Å². The van der Waals surface area contributed by atoms with Gasteiger partial charge in [-0.3, -0.25) is 4.79 Å². The summed E-state index contributed by atoms with van der Waals surface area (Å²) in [7, 11) is 0. The fourth-order valence-electron chi connectivity index (χ4n) is 0.976. The molecule has 2 N–H and O–H groups in total. The first-order valence-electron chi connectivity index (χ1n) is 4.56. The van der Waals surface area contributed by atoms with Gasteiger partial charge in [0, 0.05) is 12.1 Å². The summed E-state index contributed by atoms with van der Waals surface area (Å²) in [5, 5.41) is 11.4. The van der Waals surface area contributed by atoms with Crippen LogP contribution in [0.15, 0.2) is 0 Å². The molecule has 0 saturated heterocycles. The fraction of sp³-hybridized carbons (Fsp3) is 0.889. The quantitative estimate of drug-likeness (QED) is 0.586. The Morgan fingerprint density at radius 2 is 2.23 bits per heavy atom. The number of rotatable bonds is 5. The number of amides is 1. The Kier molecular flexibility index (Phi) is 5.40. The SMILES string of the molecule is CCC(C)(CCO)NC(=O)C(C)S. The van der Waals surface area contributed by atoms with Crippen LogP contribution in [0.25, 0.3) is 0 Å². The van der Waals surface area contributed by atoms with Gasteiger partial charge >= 0.3 is 0 Å². The van der Waals surface area contributed by atoms with Crippen LogP contribution in [-0.4, -0.2) is 28.4 Å². The summed E-state index contributed by atoms with van der Waals surface area (Å²) in [5.74, 6) is -0.0823. The van der Waals surface area contributed by atoms with E-state index in [0.29, 0.717) is 6.42 Å². The molecule has 0 bridgehead atoms. The molecule has 78 valence electrons. The van der Waals surface area contributed by atoms with Gasteiger partial charge in [-0.1, -0.05) is 6.92 Å². The topological polar surface area (TPSA) is 49.3 Å². The average Bonchev–Trinajstić information content (AvgIpc) is 2.04. The van der Waals surface area contributed by atoms with Crippen molar-refractivity contribution >= 4 is 18.5 Å². The van der Waals surface area contributed by atoms with Crippen LogP contribution < -0.4 is 5.32 Å². The van der Waals surface area contributed by atoms with Gasteiger partial charge in [0.15, 0.2) is 0 Å². The van der Waals surface area contributed by atoms with Crippen LogP contribution >= 0.6 is 12.6 Å². The Morgan fingerprint density at radius 1 is 1.69 bits per heavy atom. The predicted octanol–water partition coefficient (Wildman–Crippen LogP) is 0.972. The van der Waals surface area contributed by atoms with Gasteiger partial charge in [0.25, 0.3) is 0 Å². The van der Waals surface area contributed by atoms with Crippen LogP contribution in [0.1, 0.15) is 33.6 Å². The summed E-state index contributed by atoms with van der Waals surface area (Å²) in [5.41, 5.74) is -0.303. The lowest BCUT2D eigenvalue weighted by Crippen LogP contribution is -2.48. The highest BCUT2D eigenvalue weighted by Gasteiger charge is 2.24. The van der Waals surface area contributed by atoms with Gasteiger partial charge in [-0.25, -0.2) is 0 Å². The van der Waals surface area contributed by atoms with Crippen molar-refractivity contribution in [2.75, 3.05) is 6.61 Å². The van der Waals surface area contributed by atoms with E-state index in [1.165, 1.54) is 0 Å². The highest BCUT2D eigenvalue weighted by molar-refractivity contribution is 7.81. The molecule has 0 heterocycles. The monoisotopic (exact) mass is 205 g/mol. The molecule has 0 aromatic heterocycles. The molecule has 0 aliphatic heterocycles. The highest BCUT2D eigenvalue weighted by atomic mass is 32.1. The summed E-state index contributed by atoms with van der Waals surface area (Å²) >= 11 is 4.04. The maximum atomic E-state index is 11.3. The average molecular weight is 205 g/mol. The molecule has 0 aliphatic carbocycles. The number of thiol groups is 1. The lowest BCUT2D eigenvalue weighted by atomic mass is 9.95. The molecule has 13 heavy (non-hydrogen) atoms. The van der Waals surface area contributed by atoms with Crippen LogP contribution in [0.4, 0.5) is 0 Å². The van der Waals surface area contributed by atoms with Crippen molar-refractivity contribution in [3.05, 3.63) is 0 Å². The lowest BCUT2D eigenvalue weighted by molar-refractivity contribution is -0.122. The Bertz CT molecular complexity index is 173. The minimum atomic E-state index is -0.303. The summed E-state index contributed by atoms with van der Waals surface area (Å²) in [6, 6.07) is 0. The Labute approximate surface area is 85.3 Å². The molecular formula is C9H19NO2S. The highest BCUT2D eigenvalue weighted by Crippen LogP contribution is 2.14. The van der Waals surface area contributed by atoms with Gasteiger partial charge in [0.2, 0.25) is 5.91 Å². The Balaban J connectivity index is 4.18. The first-order valence-corrected chi connectivity index (χ1v) is 5.08. The van der Waals surface area contributed by atoms with E-state index >= 15 is 0 Å². The molecule has 1 amide bonds. The van der Waals surface area contributed by atoms with E-state index in [4.69, 9.17) is 5.11 Å². The van der Waals surface area contributed by atoms with E-state index in [-0.39, 0.29) is 23.3 Å². The van der Waals surface area contributed by atoms with Crippen molar-refractivity contribution < 1.29 is 9.90 Å². The van der Waals surface area contributed by atoms with E-state index in [1.54, 1.807) is 6.92 Å². The van der Waals surface area contributed by atoms with Crippen molar-refractivity contribution in [1.29, 1.82) is 0 Å². The number of carbonyl (C=O) groups is 1. The van der Waals surface area contributed by atoms with E-state index in [2.05, 4.69) is 17.9 Å². The molecule has 0 aliphatic rings. The van der Waals surface area contributed by atoms with Crippen LogP contribution in [0.3, 0.4) is 0 Å². The van der Waals surface area contributed by atoms with Crippen molar-refractivity contribution in [2.24, 2.45) is 0 Å². The standard InChI is InChI=1S/C9H19NO2S/c1-4-9(3,5-6-11)10-8(12)7(2)13/h7,11,13H,4-6H2,1-3H3,(H,10,12). The van der Waals surface area contributed by atoms with Gasteiger partial charge in [-0.05, 0) is 26.7 Å². The van der Waals surface area contributed by atoms with E-state index in [1.807, 2.05) is 13.8 Å². The second-order valence-electron chi connectivity index (χ2n) is 3.55. The minimum absolute atomic E-state index is 0.0823. The Morgan fingerprint density at radius 3 is 2.54 bits per heavy atom. The van der Waals surface area contributed by atoms with Crippen LogP contribution in [0, 0.1) is 0 Å². The second kappa shape index (κ2) is 5.50. The van der Waals surface area contributed by atoms with Gasteiger partial charge in [-0.2, -0.15) is 12.6 Å². The fourth-order valence-corrected chi connectivity index (χ4v) is 1.04. The van der Waals surface area contributed by atoms with Gasteiger partial charge < -0.3 is 10.4 Å². The third-order valence-corrected chi connectivity index (χ3v) is 2.48. The number of aliphatic hydroxyl groups excluding tert-OH is 1. The summed E-state index contributed by atoms with van der Waals surface area (Å²) in [6.45, 7) is 5.73. The number of aliphatic hydroxyl groups is 1. The normalized spacial score (nSPS) is 17.6. The molecule has 2 atom stereocenters. The van der Waals surface area contributed by atoms with E-state index in [9.17, 15) is 4.79 Å². The first kappa shape index (κ1) is 12.8. The zero-order valence-electron chi connectivity index (χ0n) is 8.50. The van der Waals surface area contributed by atoms with E-state index in [0.717, 1.165) is 6.42 Å². The van der Waals surface area contributed by atoms with Crippen molar-refractivity contribution in [2.45, 2.75) is 44.4 Å². The smallest absolute Gasteiger partial charge is 0.232 e. The van der Waals surface area contributed by atoms with E-state index < -0.39 is 0 Å². The largest absolute Gasteiger partial charge is 0.396 e. The first-order chi connectivity index (χ1) is 5.95. The van der Waals surface area contributed by atoms with Gasteiger partial charge in [-0.15, -0.1) is 0 Å². The lowest BCUT2D eigenvalue weighted by Gasteiger charge is -2.29. The molecule has 0 aromatic carbocycles. The molecule has 0 radical (unpaired) electrons. The maximum absolute atomic E-state index is 11.3. The molecule has 0 aromatic rings. The third-order valence-electron chi connectivity index (χ3n) is 2.25. The maximum Gasteiger partial charge on any atom is 0.232 e. The third kappa shape index (κ3) is 4.52. The van der Waals surface area contributed by atoms with Gasteiger partial charge in [0.05, 0.1) is 5.25 Å². The molecule has 0 spiro atoms. The number of carbonyl (C=O) groups excluding carboxylic acids is 1. The van der Waals surface area contributed by atoms with Crippen molar-refractivity contribution in [3.63, 3.8) is 0 Å². The van der Waals surface area contributed by atoms with Crippen LogP contribution in [0.5, 0.6) is 0 Å². The second-order valence-corrected chi connectivity index (χ2v) is 4.33. The Hall–Kier alpha value is -0.220. The predicted molar refractivity (Wildman–Crippen MR) is 57.0 cm³/mol. The molecule has 3 nitrogen and oxygen atoms in total. The molecule has 0 fully saturated rings. The minimum Gasteiger partial charge on any atom is -0.396 e. The summed E-state index contributed by atoms with van der Waals surface area (Å²) in [6.07, 6.45) is 1.38.